The highest BCUT2D eigenvalue weighted by Crippen LogP contribution is 2.53. The van der Waals surface area contributed by atoms with Gasteiger partial charge in [0.25, 0.3) is 0 Å². The highest BCUT2D eigenvalue weighted by Gasteiger charge is 2.53. The van der Waals surface area contributed by atoms with Gasteiger partial charge in [-0.05, 0) is 27.7 Å². The van der Waals surface area contributed by atoms with Gasteiger partial charge in [-0.3, -0.25) is 9.69 Å². The first-order valence-corrected chi connectivity index (χ1v) is 9.76. The van der Waals surface area contributed by atoms with Crippen molar-refractivity contribution in [3.05, 3.63) is 16.7 Å². The number of likely N-dealkylation sites (N-methyl/N-ethyl adjacent to an activating group) is 1. The molecule has 0 spiro atoms. The quantitative estimate of drug-likeness (QED) is 0.765. The van der Waals surface area contributed by atoms with Crippen molar-refractivity contribution in [2.24, 2.45) is 0 Å². The fraction of sp³-hybridized carbons (Fsp3) is 0.619. The summed E-state index contributed by atoms with van der Waals surface area (Å²) in [4.78, 5) is 29.4. The number of nitrogens with zero attached hydrogens (tertiary/aromatic N) is 2. The number of rotatable bonds is 4. The Hall–Kier alpha value is -2.64. The van der Waals surface area contributed by atoms with Crippen LogP contribution >= 0.6 is 0 Å². The van der Waals surface area contributed by atoms with E-state index < -0.39 is 18.2 Å². The topological polar surface area (TPSA) is 77.5 Å². The van der Waals surface area contributed by atoms with E-state index in [1.165, 1.54) is 0 Å². The van der Waals surface area contributed by atoms with Gasteiger partial charge in [-0.25, -0.2) is 4.79 Å². The van der Waals surface area contributed by atoms with Gasteiger partial charge in [0, 0.05) is 30.2 Å². The van der Waals surface area contributed by atoms with Crippen LogP contribution in [0, 0.1) is 6.92 Å². The van der Waals surface area contributed by atoms with E-state index in [4.69, 9.17) is 18.9 Å². The molecule has 2 bridgehead atoms. The summed E-state index contributed by atoms with van der Waals surface area (Å²) in [7, 11) is 6.52. The average Bonchev–Trinajstić information content (AvgIpc) is 2.68. The van der Waals surface area contributed by atoms with Gasteiger partial charge >= 0.3 is 6.09 Å². The zero-order valence-corrected chi connectivity index (χ0v) is 18.4. The minimum absolute atomic E-state index is 0.116. The van der Waals surface area contributed by atoms with Crippen molar-refractivity contribution in [1.82, 2.24) is 9.80 Å². The van der Waals surface area contributed by atoms with Crippen molar-refractivity contribution in [3.8, 4) is 17.2 Å². The van der Waals surface area contributed by atoms with Gasteiger partial charge in [-0.2, -0.15) is 0 Å². The third-order valence-electron chi connectivity index (χ3n) is 5.92. The number of carbonyl (C=O) groups is 2. The number of fused-ring (bicyclic) bond motifs is 4. The van der Waals surface area contributed by atoms with E-state index in [1.807, 2.05) is 13.8 Å². The lowest BCUT2D eigenvalue weighted by Gasteiger charge is -2.52. The van der Waals surface area contributed by atoms with Crippen molar-refractivity contribution in [2.45, 2.75) is 58.3 Å². The predicted octanol–water partition coefficient (Wildman–Crippen LogP) is 2.69. The molecule has 0 N–H and O–H groups in total. The van der Waals surface area contributed by atoms with Crippen LogP contribution in [0.15, 0.2) is 0 Å². The molecule has 0 aliphatic carbocycles. The number of piperazine rings is 1. The van der Waals surface area contributed by atoms with E-state index in [0.29, 0.717) is 23.7 Å². The lowest BCUT2D eigenvalue weighted by Crippen LogP contribution is -2.65. The van der Waals surface area contributed by atoms with E-state index in [9.17, 15) is 9.59 Å². The third-order valence-corrected chi connectivity index (χ3v) is 5.92. The van der Waals surface area contributed by atoms with Gasteiger partial charge in [-0.15, -0.1) is 0 Å². The average molecular weight is 406 g/mol. The Morgan fingerprint density at radius 1 is 1.07 bits per heavy atom. The van der Waals surface area contributed by atoms with Gasteiger partial charge in [0.15, 0.2) is 11.5 Å². The summed E-state index contributed by atoms with van der Waals surface area (Å²) in [6.45, 7) is 7.40. The molecule has 2 aliphatic rings. The fourth-order valence-corrected chi connectivity index (χ4v) is 4.58. The van der Waals surface area contributed by atoms with Crippen LogP contribution in [-0.4, -0.2) is 68.4 Å². The van der Waals surface area contributed by atoms with Gasteiger partial charge in [0.1, 0.15) is 11.8 Å². The second-order valence-corrected chi connectivity index (χ2v) is 7.81. The Morgan fingerprint density at radius 3 is 2.17 bits per heavy atom. The first-order chi connectivity index (χ1) is 13.7. The van der Waals surface area contributed by atoms with Crippen LogP contribution in [-0.2, 0) is 16.0 Å². The van der Waals surface area contributed by atoms with Crippen LogP contribution < -0.4 is 14.2 Å². The van der Waals surface area contributed by atoms with Crippen molar-refractivity contribution in [3.63, 3.8) is 0 Å². The molecule has 29 heavy (non-hydrogen) atoms. The van der Waals surface area contributed by atoms with Gasteiger partial charge < -0.3 is 23.8 Å². The zero-order valence-electron chi connectivity index (χ0n) is 18.4. The maximum absolute atomic E-state index is 13.1. The van der Waals surface area contributed by atoms with Crippen molar-refractivity contribution >= 4 is 12.0 Å². The van der Waals surface area contributed by atoms with E-state index in [2.05, 4.69) is 0 Å². The number of carbonyl (C=O) groups excluding carboxylic acids is 2. The Morgan fingerprint density at radius 2 is 1.66 bits per heavy atom. The minimum atomic E-state index is -0.661. The van der Waals surface area contributed by atoms with Crippen LogP contribution in [0.1, 0.15) is 43.5 Å². The molecular formula is C21H30N2O6. The molecule has 1 aromatic rings. The highest BCUT2D eigenvalue weighted by molar-refractivity contribution is 5.89. The number of methoxy groups -OCH3 is 3. The molecule has 8 heteroatoms. The summed E-state index contributed by atoms with van der Waals surface area (Å²) >= 11 is 0. The van der Waals surface area contributed by atoms with Crippen LogP contribution in [0.5, 0.6) is 17.2 Å². The number of amides is 2. The molecule has 1 fully saturated rings. The maximum atomic E-state index is 13.1. The second kappa shape index (κ2) is 7.65. The van der Waals surface area contributed by atoms with Crippen LogP contribution in [0.4, 0.5) is 4.79 Å². The highest BCUT2D eigenvalue weighted by atomic mass is 16.6. The molecule has 0 radical (unpaired) electrons. The fourth-order valence-electron chi connectivity index (χ4n) is 4.58. The zero-order chi connectivity index (χ0) is 21.6. The largest absolute Gasteiger partial charge is 0.496 e. The van der Waals surface area contributed by atoms with Crippen LogP contribution in [0.3, 0.4) is 0 Å². The predicted molar refractivity (Wildman–Crippen MR) is 107 cm³/mol. The number of hydrogen-bond donors (Lipinski definition) is 0. The van der Waals surface area contributed by atoms with Gasteiger partial charge in [0.2, 0.25) is 5.91 Å². The molecule has 1 aromatic carbocycles. The minimum Gasteiger partial charge on any atom is -0.496 e. The lowest BCUT2D eigenvalue weighted by molar-refractivity contribution is -0.148. The Kier molecular flexibility index (Phi) is 5.56. The molecule has 2 aliphatic heterocycles. The van der Waals surface area contributed by atoms with Gasteiger partial charge in [-0.1, -0.05) is 0 Å². The summed E-state index contributed by atoms with van der Waals surface area (Å²) in [5, 5.41) is 0. The molecule has 2 amide bonds. The number of hydrogen-bond acceptors (Lipinski definition) is 6. The SMILES string of the molecule is COc1c(C)c(OC)c(OC)c2c1C[C@H]1C(=O)N(C)[C@H](C)[C@@H]2N1C(=O)OC(C)C. The summed E-state index contributed by atoms with van der Waals surface area (Å²) in [5.41, 5.74) is 2.48. The van der Waals surface area contributed by atoms with E-state index in [-0.39, 0.29) is 18.1 Å². The molecule has 160 valence electrons. The monoisotopic (exact) mass is 406 g/mol. The van der Waals surface area contributed by atoms with Gasteiger partial charge in [0.05, 0.1) is 39.5 Å². The molecule has 3 atom stereocenters. The van der Waals surface area contributed by atoms with E-state index in [0.717, 1.165) is 16.7 Å². The first kappa shape index (κ1) is 21.1. The number of ether oxygens (including phenoxy) is 4. The molecule has 0 aromatic heterocycles. The van der Waals surface area contributed by atoms with E-state index in [1.54, 1.807) is 52.0 Å². The molecule has 0 unspecified atom stereocenters. The number of benzene rings is 1. The second-order valence-electron chi connectivity index (χ2n) is 7.81. The van der Waals surface area contributed by atoms with Crippen molar-refractivity contribution in [2.75, 3.05) is 28.4 Å². The Bertz CT molecular complexity index is 837. The Labute approximate surface area is 171 Å². The van der Waals surface area contributed by atoms with Crippen LogP contribution in [0.2, 0.25) is 0 Å². The maximum Gasteiger partial charge on any atom is 0.411 e. The molecule has 2 heterocycles. The van der Waals surface area contributed by atoms with E-state index >= 15 is 0 Å². The lowest BCUT2D eigenvalue weighted by atomic mass is 9.79. The molecular weight excluding hydrogens is 376 g/mol. The summed E-state index contributed by atoms with van der Waals surface area (Å²) < 4.78 is 22.6. The first-order valence-electron chi connectivity index (χ1n) is 9.76. The summed E-state index contributed by atoms with van der Waals surface area (Å²) in [5.74, 6) is 1.66. The Balaban J connectivity index is 2.32. The summed E-state index contributed by atoms with van der Waals surface area (Å²) in [6.07, 6.45) is -0.481. The smallest absolute Gasteiger partial charge is 0.411 e. The summed E-state index contributed by atoms with van der Waals surface area (Å²) in [6, 6.07) is -1.40. The third kappa shape index (κ3) is 3.05. The van der Waals surface area contributed by atoms with Crippen molar-refractivity contribution in [1.29, 1.82) is 0 Å². The van der Waals surface area contributed by atoms with Crippen LogP contribution in [0.25, 0.3) is 0 Å². The van der Waals surface area contributed by atoms with Crippen molar-refractivity contribution < 1.29 is 28.5 Å². The molecule has 3 rings (SSSR count). The molecule has 8 nitrogen and oxygen atoms in total. The molecule has 1 saturated heterocycles. The molecule has 0 saturated carbocycles. The normalized spacial score (nSPS) is 23.1. The standard InChI is InChI=1S/C21H30N2O6/c1-10(2)29-21(25)23-14-9-13-15(16(23)12(4)22(5)20(14)24)19(28-8)18(27-7)11(3)17(13)26-6/h10,12,14,16H,9H2,1-8H3/t12-,14+,16+/m1/s1.